The average Bonchev–Trinajstić information content (AvgIpc) is 3.20. The van der Waals surface area contributed by atoms with Crippen LogP contribution in [0.1, 0.15) is 17.7 Å². The number of carbonyl (C=O) groups is 2. The molecule has 2 aromatic rings. The zero-order chi connectivity index (χ0) is 18.3. The summed E-state index contributed by atoms with van der Waals surface area (Å²) in [5.41, 5.74) is 2.63. The zero-order valence-electron chi connectivity index (χ0n) is 15.3. The number of para-hydroxylation sites is 1. The molecule has 0 unspecified atom stereocenters. The van der Waals surface area contributed by atoms with Crippen LogP contribution in [0.4, 0.5) is 0 Å². The van der Waals surface area contributed by atoms with Gasteiger partial charge in [-0.25, -0.2) is 0 Å². The average molecular weight is 355 g/mol. The fourth-order valence-corrected chi connectivity index (χ4v) is 4.59. The molecule has 2 N–H and O–H groups in total. The van der Waals surface area contributed by atoms with Crippen LogP contribution in [0, 0.1) is 18.3 Å². The molecular weight excluding hydrogens is 330 g/mol. The van der Waals surface area contributed by atoms with Gasteiger partial charge in [-0.3, -0.25) is 9.59 Å². The summed E-state index contributed by atoms with van der Waals surface area (Å²) in [4.78, 5) is 30.8. The number of aryl methyl sites for hydroxylation is 1. The number of nitrogens with zero attached hydrogens (tertiary/aromatic N) is 1. The number of aromatic nitrogens is 1. The quantitative estimate of drug-likeness (QED) is 0.879. The standard InChI is InChI=1S/C20H25N3O3/c1-13-16(15-5-3-4-6-17(15)22-13)9-18(24)23-10-14-11-26-8-7-20(14,12-23)19(25)21-2/h3-6,14,22H,7-12H2,1-2H3,(H,21,25)/t14-,20+/m1/s1. The largest absolute Gasteiger partial charge is 0.381 e. The Hall–Kier alpha value is -2.34. The Morgan fingerprint density at radius 1 is 1.38 bits per heavy atom. The molecule has 138 valence electrons. The molecule has 2 aliphatic heterocycles. The Kier molecular flexibility index (Phi) is 4.23. The van der Waals surface area contributed by atoms with E-state index in [0.717, 1.165) is 22.2 Å². The molecule has 2 saturated heterocycles. The number of carbonyl (C=O) groups excluding carboxylic acids is 2. The third-order valence-electron chi connectivity index (χ3n) is 6.09. The number of aromatic amines is 1. The van der Waals surface area contributed by atoms with Crippen LogP contribution in [-0.2, 0) is 20.7 Å². The van der Waals surface area contributed by atoms with Gasteiger partial charge in [0.2, 0.25) is 11.8 Å². The predicted molar refractivity (Wildman–Crippen MR) is 98.7 cm³/mol. The number of ether oxygens (including phenoxy) is 1. The van der Waals surface area contributed by atoms with Gasteiger partial charge < -0.3 is 19.9 Å². The van der Waals surface area contributed by atoms with Crippen molar-refractivity contribution in [1.29, 1.82) is 0 Å². The van der Waals surface area contributed by atoms with Gasteiger partial charge in [0.15, 0.2) is 0 Å². The molecule has 6 heteroatoms. The van der Waals surface area contributed by atoms with Crippen LogP contribution >= 0.6 is 0 Å². The Balaban J connectivity index is 1.57. The second-order valence-electron chi connectivity index (χ2n) is 7.48. The number of hydrogen-bond donors (Lipinski definition) is 2. The van der Waals surface area contributed by atoms with Crippen molar-refractivity contribution in [2.75, 3.05) is 33.4 Å². The monoisotopic (exact) mass is 355 g/mol. The summed E-state index contributed by atoms with van der Waals surface area (Å²) in [6, 6.07) is 8.05. The van der Waals surface area contributed by atoms with Crippen LogP contribution in [0.25, 0.3) is 10.9 Å². The normalized spacial score (nSPS) is 25.3. The Morgan fingerprint density at radius 2 is 2.19 bits per heavy atom. The van der Waals surface area contributed by atoms with Gasteiger partial charge in [0, 0.05) is 49.3 Å². The van der Waals surface area contributed by atoms with Crippen LogP contribution in [0.2, 0.25) is 0 Å². The minimum absolute atomic E-state index is 0.0318. The molecule has 2 fully saturated rings. The van der Waals surface area contributed by atoms with E-state index in [2.05, 4.69) is 10.3 Å². The maximum atomic E-state index is 13.0. The summed E-state index contributed by atoms with van der Waals surface area (Å²) < 4.78 is 5.59. The van der Waals surface area contributed by atoms with E-state index in [-0.39, 0.29) is 17.7 Å². The fraction of sp³-hybridized carbons (Fsp3) is 0.500. The van der Waals surface area contributed by atoms with Crippen molar-refractivity contribution >= 4 is 22.7 Å². The van der Waals surface area contributed by atoms with E-state index in [9.17, 15) is 9.59 Å². The van der Waals surface area contributed by atoms with Crippen LogP contribution in [0.15, 0.2) is 24.3 Å². The van der Waals surface area contributed by atoms with E-state index < -0.39 is 5.41 Å². The van der Waals surface area contributed by atoms with Crippen LogP contribution < -0.4 is 5.32 Å². The van der Waals surface area contributed by atoms with Crippen LogP contribution in [-0.4, -0.2) is 55.0 Å². The summed E-state index contributed by atoms with van der Waals surface area (Å²) in [5.74, 6) is 0.184. The van der Waals surface area contributed by atoms with Crippen LogP contribution in [0.3, 0.4) is 0 Å². The Morgan fingerprint density at radius 3 is 3.00 bits per heavy atom. The molecule has 1 aromatic carbocycles. The molecule has 26 heavy (non-hydrogen) atoms. The topological polar surface area (TPSA) is 74.4 Å². The highest BCUT2D eigenvalue weighted by molar-refractivity contribution is 5.91. The van der Waals surface area contributed by atoms with Crippen LogP contribution in [0.5, 0.6) is 0 Å². The van der Waals surface area contributed by atoms with Crippen molar-refractivity contribution in [2.24, 2.45) is 11.3 Å². The van der Waals surface area contributed by atoms with E-state index in [0.29, 0.717) is 39.1 Å². The number of amides is 2. The van der Waals surface area contributed by atoms with Gasteiger partial charge in [-0.1, -0.05) is 18.2 Å². The summed E-state index contributed by atoms with van der Waals surface area (Å²) >= 11 is 0. The third-order valence-corrected chi connectivity index (χ3v) is 6.09. The number of H-pyrrole nitrogens is 1. The maximum Gasteiger partial charge on any atom is 0.228 e. The van der Waals surface area contributed by atoms with E-state index in [1.54, 1.807) is 7.05 Å². The van der Waals surface area contributed by atoms with Crippen molar-refractivity contribution in [3.05, 3.63) is 35.5 Å². The first-order valence-electron chi connectivity index (χ1n) is 9.19. The maximum absolute atomic E-state index is 13.0. The summed E-state index contributed by atoms with van der Waals surface area (Å²) in [6.45, 7) is 4.21. The summed E-state index contributed by atoms with van der Waals surface area (Å²) in [5, 5.41) is 3.89. The number of fused-ring (bicyclic) bond motifs is 2. The first-order chi connectivity index (χ1) is 12.5. The molecule has 0 radical (unpaired) electrons. The first-order valence-corrected chi connectivity index (χ1v) is 9.19. The van der Waals surface area contributed by atoms with Gasteiger partial charge in [0.05, 0.1) is 18.4 Å². The molecule has 2 atom stereocenters. The minimum atomic E-state index is -0.502. The SMILES string of the molecule is CNC(=O)[C@]12CCOC[C@H]1CN(C(=O)Cc1c(C)[nH]c3ccccc13)C2. The molecule has 0 aliphatic carbocycles. The molecule has 1 aromatic heterocycles. The molecule has 2 amide bonds. The van der Waals surface area contributed by atoms with Crippen molar-refractivity contribution in [1.82, 2.24) is 15.2 Å². The highest BCUT2D eigenvalue weighted by Crippen LogP contribution is 2.42. The second kappa shape index (κ2) is 6.43. The van der Waals surface area contributed by atoms with Gasteiger partial charge >= 0.3 is 0 Å². The van der Waals surface area contributed by atoms with Gasteiger partial charge in [0.1, 0.15) is 0 Å². The predicted octanol–water partition coefficient (Wildman–Crippen LogP) is 1.63. The van der Waals surface area contributed by atoms with Gasteiger partial charge in [-0.05, 0) is 25.0 Å². The highest BCUT2D eigenvalue weighted by atomic mass is 16.5. The molecule has 2 aliphatic rings. The number of rotatable bonds is 3. The second-order valence-corrected chi connectivity index (χ2v) is 7.48. The van der Waals surface area contributed by atoms with E-state index in [4.69, 9.17) is 4.74 Å². The number of hydrogen-bond acceptors (Lipinski definition) is 3. The Bertz CT molecular complexity index is 859. The lowest BCUT2D eigenvalue weighted by Gasteiger charge is -2.36. The molecule has 0 saturated carbocycles. The molecule has 0 spiro atoms. The van der Waals surface area contributed by atoms with E-state index in [1.165, 1.54) is 0 Å². The van der Waals surface area contributed by atoms with Crippen molar-refractivity contribution in [2.45, 2.75) is 19.8 Å². The van der Waals surface area contributed by atoms with E-state index >= 15 is 0 Å². The van der Waals surface area contributed by atoms with Gasteiger partial charge in [-0.15, -0.1) is 0 Å². The lowest BCUT2D eigenvalue weighted by atomic mass is 9.73. The van der Waals surface area contributed by atoms with Gasteiger partial charge in [0.25, 0.3) is 0 Å². The summed E-state index contributed by atoms with van der Waals surface area (Å²) in [7, 11) is 1.67. The number of likely N-dealkylation sites (tertiary alicyclic amines) is 1. The highest BCUT2D eigenvalue weighted by Gasteiger charge is 2.54. The molecular formula is C20H25N3O3. The molecule has 3 heterocycles. The Labute approximate surface area is 152 Å². The first kappa shape index (κ1) is 17.1. The lowest BCUT2D eigenvalue weighted by molar-refractivity contribution is -0.139. The fourth-order valence-electron chi connectivity index (χ4n) is 4.59. The summed E-state index contributed by atoms with van der Waals surface area (Å²) in [6.07, 6.45) is 1.03. The number of benzene rings is 1. The minimum Gasteiger partial charge on any atom is -0.381 e. The third kappa shape index (κ3) is 2.60. The number of nitrogens with one attached hydrogen (secondary N) is 2. The van der Waals surface area contributed by atoms with Gasteiger partial charge in [-0.2, -0.15) is 0 Å². The lowest BCUT2D eigenvalue weighted by Crippen LogP contribution is -2.49. The van der Waals surface area contributed by atoms with Crippen molar-refractivity contribution in [3.8, 4) is 0 Å². The van der Waals surface area contributed by atoms with E-state index in [1.807, 2.05) is 36.1 Å². The molecule has 0 bridgehead atoms. The molecule has 4 rings (SSSR count). The van der Waals surface area contributed by atoms with Crippen molar-refractivity contribution in [3.63, 3.8) is 0 Å². The smallest absolute Gasteiger partial charge is 0.228 e. The molecule has 6 nitrogen and oxygen atoms in total. The zero-order valence-corrected chi connectivity index (χ0v) is 15.3. The van der Waals surface area contributed by atoms with Crippen molar-refractivity contribution < 1.29 is 14.3 Å².